The number of aliphatic hydroxyl groups excluding tert-OH is 1. The van der Waals surface area contributed by atoms with E-state index in [1.54, 1.807) is 4.90 Å². The molecule has 6 nitrogen and oxygen atoms in total. The molecule has 1 fully saturated rings. The van der Waals surface area contributed by atoms with Crippen LogP contribution in [0.25, 0.3) is 0 Å². The van der Waals surface area contributed by atoms with Crippen LogP contribution in [0.1, 0.15) is 49.1 Å². The number of hydrogen-bond donors (Lipinski definition) is 2. The number of aromatic amines is 1. The lowest BCUT2D eigenvalue weighted by molar-refractivity contribution is 0.0626. The van der Waals surface area contributed by atoms with Gasteiger partial charge in [-0.15, -0.1) is 5.10 Å². The van der Waals surface area contributed by atoms with E-state index >= 15 is 0 Å². The van der Waals surface area contributed by atoms with E-state index in [4.69, 9.17) is 5.11 Å². The van der Waals surface area contributed by atoms with Crippen molar-refractivity contribution in [2.24, 2.45) is 0 Å². The molecule has 2 N–H and O–H groups in total. The van der Waals surface area contributed by atoms with Gasteiger partial charge in [0.25, 0.3) is 5.91 Å². The van der Waals surface area contributed by atoms with E-state index < -0.39 is 0 Å². The number of hydrogen-bond acceptors (Lipinski definition) is 4. The summed E-state index contributed by atoms with van der Waals surface area (Å²) in [5.74, 6) is 0.757. The molecule has 0 spiro atoms. The Labute approximate surface area is 106 Å². The maximum Gasteiger partial charge on any atom is 0.293 e. The minimum atomic E-state index is -0.174. The van der Waals surface area contributed by atoms with Crippen LogP contribution in [0.2, 0.25) is 0 Å². The quantitative estimate of drug-likeness (QED) is 0.810. The number of aromatic nitrogens is 3. The Bertz CT molecular complexity index is 399. The van der Waals surface area contributed by atoms with Crippen molar-refractivity contribution in [3.05, 3.63) is 11.6 Å². The van der Waals surface area contributed by atoms with Crippen LogP contribution in [0, 0.1) is 0 Å². The zero-order chi connectivity index (χ0) is 13.0. The second-order valence-corrected chi connectivity index (χ2v) is 4.62. The molecule has 1 aliphatic rings. The summed E-state index contributed by atoms with van der Waals surface area (Å²) in [6.45, 7) is 2.30. The lowest BCUT2D eigenvalue weighted by atomic mass is 10.2. The highest BCUT2D eigenvalue weighted by molar-refractivity contribution is 5.90. The molecule has 0 saturated heterocycles. The normalized spacial score (nSPS) is 16.1. The van der Waals surface area contributed by atoms with Gasteiger partial charge in [-0.05, 0) is 12.8 Å². The molecular formula is C12H20N4O2. The van der Waals surface area contributed by atoms with Crippen molar-refractivity contribution < 1.29 is 9.90 Å². The molecule has 1 heterocycles. The third-order valence-corrected chi connectivity index (χ3v) is 3.43. The molecule has 6 heteroatoms. The van der Waals surface area contributed by atoms with Crippen molar-refractivity contribution in [3.8, 4) is 0 Å². The number of nitrogens with one attached hydrogen (secondary N) is 1. The van der Waals surface area contributed by atoms with Crippen molar-refractivity contribution in [2.75, 3.05) is 13.2 Å². The van der Waals surface area contributed by atoms with E-state index in [2.05, 4.69) is 15.2 Å². The lowest BCUT2D eigenvalue weighted by Crippen LogP contribution is -2.41. The zero-order valence-corrected chi connectivity index (χ0v) is 10.7. The molecule has 0 aliphatic heterocycles. The monoisotopic (exact) mass is 252 g/mol. The average Bonchev–Trinajstić information content (AvgIpc) is 3.05. The van der Waals surface area contributed by atoms with Crippen LogP contribution in [0.4, 0.5) is 0 Å². The van der Waals surface area contributed by atoms with Gasteiger partial charge in [0.1, 0.15) is 5.82 Å². The summed E-state index contributed by atoms with van der Waals surface area (Å²) in [6, 6.07) is 0.230. The van der Waals surface area contributed by atoms with Gasteiger partial charge >= 0.3 is 0 Å². The maximum atomic E-state index is 12.3. The highest BCUT2D eigenvalue weighted by atomic mass is 16.3. The van der Waals surface area contributed by atoms with Crippen molar-refractivity contribution >= 4 is 5.91 Å². The van der Waals surface area contributed by atoms with Gasteiger partial charge in [-0.25, -0.2) is 4.98 Å². The van der Waals surface area contributed by atoms with Crippen LogP contribution >= 0.6 is 0 Å². The van der Waals surface area contributed by atoms with Crippen molar-refractivity contribution in [2.45, 2.75) is 45.1 Å². The molecule has 0 radical (unpaired) electrons. The molecule has 2 rings (SSSR count). The number of carbonyl (C=O) groups is 1. The summed E-state index contributed by atoms with van der Waals surface area (Å²) in [6.07, 6.45) is 5.04. The molecule has 0 aromatic carbocycles. The van der Waals surface area contributed by atoms with E-state index in [9.17, 15) is 4.79 Å². The Morgan fingerprint density at radius 2 is 2.22 bits per heavy atom. The molecule has 1 aromatic rings. The summed E-state index contributed by atoms with van der Waals surface area (Å²) < 4.78 is 0. The molecule has 100 valence electrons. The van der Waals surface area contributed by atoms with E-state index in [0.717, 1.165) is 32.1 Å². The number of aryl methyl sites for hydroxylation is 1. The molecule has 1 saturated carbocycles. The Hall–Kier alpha value is -1.43. The van der Waals surface area contributed by atoms with Gasteiger partial charge in [-0.1, -0.05) is 19.8 Å². The molecule has 1 amide bonds. The van der Waals surface area contributed by atoms with Crippen molar-refractivity contribution in [3.63, 3.8) is 0 Å². The number of nitrogens with zero attached hydrogens (tertiary/aromatic N) is 3. The third-order valence-electron chi connectivity index (χ3n) is 3.43. The van der Waals surface area contributed by atoms with Crippen LogP contribution in [0.5, 0.6) is 0 Å². The smallest absolute Gasteiger partial charge is 0.293 e. The van der Waals surface area contributed by atoms with Crippen LogP contribution in [-0.2, 0) is 6.42 Å². The van der Waals surface area contributed by atoms with E-state index in [1.807, 2.05) is 6.92 Å². The average molecular weight is 252 g/mol. The Morgan fingerprint density at radius 1 is 1.50 bits per heavy atom. The molecule has 0 atom stereocenters. The predicted molar refractivity (Wildman–Crippen MR) is 66.1 cm³/mol. The van der Waals surface area contributed by atoms with Gasteiger partial charge in [-0.3, -0.25) is 9.89 Å². The fourth-order valence-electron chi connectivity index (χ4n) is 2.45. The number of aliphatic hydroxyl groups is 1. The van der Waals surface area contributed by atoms with Gasteiger partial charge in [0, 0.05) is 19.0 Å². The van der Waals surface area contributed by atoms with E-state index in [0.29, 0.717) is 12.4 Å². The topological polar surface area (TPSA) is 82.1 Å². The molecule has 1 aliphatic carbocycles. The van der Waals surface area contributed by atoms with Crippen LogP contribution in [0.3, 0.4) is 0 Å². The minimum Gasteiger partial charge on any atom is -0.395 e. The van der Waals surface area contributed by atoms with Gasteiger partial charge < -0.3 is 10.0 Å². The Balaban J connectivity index is 2.11. The SMILES string of the molecule is CCc1nc(C(=O)N(CCO)C2CCCC2)n[nH]1. The predicted octanol–water partition coefficient (Wildman–Crippen LogP) is 0.744. The molecule has 0 bridgehead atoms. The van der Waals surface area contributed by atoms with Crippen LogP contribution < -0.4 is 0 Å². The molecular weight excluding hydrogens is 232 g/mol. The first-order valence-electron chi connectivity index (χ1n) is 6.59. The second kappa shape index (κ2) is 5.95. The van der Waals surface area contributed by atoms with Gasteiger partial charge in [0.2, 0.25) is 5.82 Å². The van der Waals surface area contributed by atoms with Gasteiger partial charge in [0.15, 0.2) is 0 Å². The van der Waals surface area contributed by atoms with Crippen LogP contribution in [0.15, 0.2) is 0 Å². The molecule has 1 aromatic heterocycles. The maximum absolute atomic E-state index is 12.3. The zero-order valence-electron chi connectivity index (χ0n) is 10.7. The molecule has 18 heavy (non-hydrogen) atoms. The van der Waals surface area contributed by atoms with E-state index in [-0.39, 0.29) is 24.4 Å². The highest BCUT2D eigenvalue weighted by Gasteiger charge is 2.29. The first-order valence-corrected chi connectivity index (χ1v) is 6.59. The Kier molecular flexibility index (Phi) is 4.30. The summed E-state index contributed by atoms with van der Waals surface area (Å²) in [7, 11) is 0. The lowest BCUT2D eigenvalue weighted by Gasteiger charge is -2.27. The highest BCUT2D eigenvalue weighted by Crippen LogP contribution is 2.24. The fraction of sp³-hybridized carbons (Fsp3) is 0.750. The van der Waals surface area contributed by atoms with Crippen molar-refractivity contribution in [1.82, 2.24) is 20.1 Å². The molecule has 0 unspecified atom stereocenters. The number of amides is 1. The number of carbonyl (C=O) groups excluding carboxylic acids is 1. The summed E-state index contributed by atoms with van der Waals surface area (Å²) in [5, 5.41) is 15.8. The largest absolute Gasteiger partial charge is 0.395 e. The summed E-state index contributed by atoms with van der Waals surface area (Å²) in [4.78, 5) is 18.2. The van der Waals surface area contributed by atoms with E-state index in [1.165, 1.54) is 0 Å². The van der Waals surface area contributed by atoms with Gasteiger partial charge in [-0.2, -0.15) is 0 Å². The minimum absolute atomic E-state index is 0.0205. The fourth-order valence-corrected chi connectivity index (χ4v) is 2.45. The first-order chi connectivity index (χ1) is 8.76. The first kappa shape index (κ1) is 13.0. The van der Waals surface area contributed by atoms with Crippen molar-refractivity contribution in [1.29, 1.82) is 0 Å². The number of rotatable bonds is 5. The number of H-pyrrole nitrogens is 1. The van der Waals surface area contributed by atoms with Gasteiger partial charge in [0.05, 0.1) is 6.61 Å². The second-order valence-electron chi connectivity index (χ2n) is 4.62. The third kappa shape index (κ3) is 2.69. The standard InChI is InChI=1S/C12H20N4O2/c1-2-10-13-11(15-14-10)12(18)16(7-8-17)9-5-3-4-6-9/h9,17H,2-8H2,1H3,(H,13,14,15). The summed E-state index contributed by atoms with van der Waals surface area (Å²) in [5.41, 5.74) is 0. The summed E-state index contributed by atoms with van der Waals surface area (Å²) >= 11 is 0. The van der Waals surface area contributed by atoms with Crippen LogP contribution in [-0.4, -0.2) is 50.3 Å². The Morgan fingerprint density at radius 3 is 2.78 bits per heavy atom.